The Morgan fingerprint density at radius 3 is 2.71 bits per heavy atom. The fourth-order valence-electron chi connectivity index (χ4n) is 1.53. The van der Waals surface area contributed by atoms with Gasteiger partial charge in [-0.1, -0.05) is 30.3 Å². The van der Waals surface area contributed by atoms with E-state index >= 15 is 0 Å². The van der Waals surface area contributed by atoms with Crippen LogP contribution in [0.25, 0.3) is 11.3 Å². The minimum Gasteiger partial charge on any atom is -0.464 e. The van der Waals surface area contributed by atoms with Crippen molar-refractivity contribution in [2.75, 3.05) is 0 Å². The largest absolute Gasteiger partial charge is 0.464 e. The standard InChI is InChI=1S/C13H12O/c1-2-6-11-7-3-4-8-12(11)13-9-5-10-14-13/h2-5,7-10H,1,6H2. The van der Waals surface area contributed by atoms with Crippen LogP contribution in [0.3, 0.4) is 0 Å². The van der Waals surface area contributed by atoms with Gasteiger partial charge in [-0.05, 0) is 24.1 Å². The third-order valence-corrected chi connectivity index (χ3v) is 2.17. The average molecular weight is 184 g/mol. The summed E-state index contributed by atoms with van der Waals surface area (Å²) in [4.78, 5) is 0. The predicted molar refractivity (Wildman–Crippen MR) is 58.0 cm³/mol. The zero-order valence-electron chi connectivity index (χ0n) is 7.94. The lowest BCUT2D eigenvalue weighted by molar-refractivity contribution is 0.582. The minimum absolute atomic E-state index is 0.872. The van der Waals surface area contributed by atoms with Gasteiger partial charge in [0.2, 0.25) is 0 Å². The number of furan rings is 1. The zero-order valence-corrected chi connectivity index (χ0v) is 7.94. The van der Waals surface area contributed by atoms with E-state index in [0.29, 0.717) is 0 Å². The molecule has 1 aromatic carbocycles. The van der Waals surface area contributed by atoms with Gasteiger partial charge in [0.05, 0.1) is 6.26 Å². The van der Waals surface area contributed by atoms with E-state index in [2.05, 4.69) is 18.7 Å². The van der Waals surface area contributed by atoms with Crippen LogP contribution in [0, 0.1) is 0 Å². The molecule has 0 aliphatic heterocycles. The number of rotatable bonds is 3. The Labute approximate surface area is 83.7 Å². The summed E-state index contributed by atoms with van der Waals surface area (Å²) in [5.41, 5.74) is 2.40. The average Bonchev–Trinajstić information content (AvgIpc) is 2.72. The van der Waals surface area contributed by atoms with E-state index in [1.807, 2.05) is 30.3 Å². The van der Waals surface area contributed by atoms with E-state index in [1.165, 1.54) is 5.56 Å². The van der Waals surface area contributed by atoms with Gasteiger partial charge < -0.3 is 4.42 Å². The lowest BCUT2D eigenvalue weighted by Crippen LogP contribution is -1.85. The van der Waals surface area contributed by atoms with Gasteiger partial charge in [-0.2, -0.15) is 0 Å². The first-order valence-electron chi connectivity index (χ1n) is 4.64. The minimum atomic E-state index is 0.872. The van der Waals surface area contributed by atoms with Gasteiger partial charge >= 0.3 is 0 Å². The lowest BCUT2D eigenvalue weighted by Gasteiger charge is -2.03. The highest BCUT2D eigenvalue weighted by atomic mass is 16.3. The summed E-state index contributed by atoms with van der Waals surface area (Å²) >= 11 is 0. The molecule has 0 aliphatic rings. The first-order valence-corrected chi connectivity index (χ1v) is 4.64. The molecule has 0 N–H and O–H groups in total. The predicted octanol–water partition coefficient (Wildman–Crippen LogP) is 3.68. The SMILES string of the molecule is C=CCc1ccccc1-c1ccco1. The molecule has 70 valence electrons. The summed E-state index contributed by atoms with van der Waals surface area (Å²) in [6.07, 6.45) is 4.47. The van der Waals surface area contributed by atoms with Crippen molar-refractivity contribution in [3.63, 3.8) is 0 Å². The van der Waals surface area contributed by atoms with Crippen molar-refractivity contribution < 1.29 is 4.42 Å². The van der Waals surface area contributed by atoms with Crippen molar-refractivity contribution >= 4 is 0 Å². The molecule has 0 saturated carbocycles. The molecule has 2 rings (SSSR count). The number of allylic oxidation sites excluding steroid dienone is 1. The molecule has 0 aliphatic carbocycles. The Bertz CT molecular complexity index is 413. The molecule has 0 amide bonds. The normalized spacial score (nSPS) is 10.0. The Hall–Kier alpha value is -1.76. The maximum atomic E-state index is 5.37. The highest BCUT2D eigenvalue weighted by Gasteiger charge is 2.04. The van der Waals surface area contributed by atoms with Crippen molar-refractivity contribution in [2.45, 2.75) is 6.42 Å². The summed E-state index contributed by atoms with van der Waals surface area (Å²) in [5.74, 6) is 0.919. The van der Waals surface area contributed by atoms with Crippen LogP contribution in [-0.4, -0.2) is 0 Å². The molecule has 1 aromatic heterocycles. The molecule has 0 spiro atoms. The molecule has 0 saturated heterocycles. The first kappa shape index (κ1) is 8.82. The summed E-state index contributed by atoms with van der Waals surface area (Å²) in [6.45, 7) is 3.75. The van der Waals surface area contributed by atoms with Gasteiger partial charge in [0.15, 0.2) is 0 Å². The molecule has 2 aromatic rings. The van der Waals surface area contributed by atoms with Crippen molar-refractivity contribution in [1.82, 2.24) is 0 Å². The number of benzene rings is 1. The van der Waals surface area contributed by atoms with Crippen LogP contribution >= 0.6 is 0 Å². The number of hydrogen-bond donors (Lipinski definition) is 0. The summed E-state index contributed by atoms with van der Waals surface area (Å²) in [6, 6.07) is 12.1. The second-order valence-electron chi connectivity index (χ2n) is 3.13. The fourth-order valence-corrected chi connectivity index (χ4v) is 1.53. The Morgan fingerprint density at radius 1 is 1.14 bits per heavy atom. The molecule has 1 heteroatoms. The van der Waals surface area contributed by atoms with Gasteiger partial charge in [0.25, 0.3) is 0 Å². The van der Waals surface area contributed by atoms with Crippen molar-refractivity contribution in [3.05, 3.63) is 60.9 Å². The van der Waals surface area contributed by atoms with Gasteiger partial charge in [-0.25, -0.2) is 0 Å². The van der Waals surface area contributed by atoms with Crippen LogP contribution in [0.5, 0.6) is 0 Å². The topological polar surface area (TPSA) is 13.1 Å². The number of hydrogen-bond acceptors (Lipinski definition) is 1. The van der Waals surface area contributed by atoms with Crippen LogP contribution in [0.2, 0.25) is 0 Å². The van der Waals surface area contributed by atoms with Crippen LogP contribution in [0.15, 0.2) is 59.7 Å². The summed E-state index contributed by atoms with van der Waals surface area (Å²) in [7, 11) is 0. The highest BCUT2D eigenvalue weighted by Crippen LogP contribution is 2.24. The molecule has 1 nitrogen and oxygen atoms in total. The van der Waals surface area contributed by atoms with Gasteiger partial charge in [-0.15, -0.1) is 6.58 Å². The smallest absolute Gasteiger partial charge is 0.134 e. The zero-order chi connectivity index (χ0) is 9.80. The Morgan fingerprint density at radius 2 is 2.00 bits per heavy atom. The van der Waals surface area contributed by atoms with E-state index in [-0.39, 0.29) is 0 Å². The Balaban J connectivity index is 2.46. The highest BCUT2D eigenvalue weighted by molar-refractivity contribution is 5.62. The van der Waals surface area contributed by atoms with Crippen molar-refractivity contribution in [3.8, 4) is 11.3 Å². The second kappa shape index (κ2) is 3.97. The molecule has 14 heavy (non-hydrogen) atoms. The van der Waals surface area contributed by atoms with Crippen molar-refractivity contribution in [1.29, 1.82) is 0 Å². The van der Waals surface area contributed by atoms with Gasteiger partial charge in [-0.3, -0.25) is 0 Å². The van der Waals surface area contributed by atoms with Crippen molar-refractivity contribution in [2.24, 2.45) is 0 Å². The fraction of sp³-hybridized carbons (Fsp3) is 0.0769. The van der Waals surface area contributed by atoms with E-state index in [9.17, 15) is 0 Å². The molecular weight excluding hydrogens is 172 g/mol. The van der Waals surface area contributed by atoms with Crippen LogP contribution in [-0.2, 0) is 6.42 Å². The molecular formula is C13H12O. The van der Waals surface area contributed by atoms with E-state index in [0.717, 1.165) is 17.7 Å². The first-order chi connectivity index (χ1) is 6.92. The third kappa shape index (κ3) is 1.62. The van der Waals surface area contributed by atoms with Crippen LogP contribution in [0.1, 0.15) is 5.56 Å². The maximum Gasteiger partial charge on any atom is 0.134 e. The Kier molecular flexibility index (Phi) is 2.50. The molecule has 0 unspecified atom stereocenters. The summed E-state index contributed by atoms with van der Waals surface area (Å²) < 4.78 is 5.37. The molecule has 1 heterocycles. The molecule has 0 radical (unpaired) electrons. The second-order valence-corrected chi connectivity index (χ2v) is 3.13. The van der Waals surface area contributed by atoms with E-state index < -0.39 is 0 Å². The van der Waals surface area contributed by atoms with Crippen LogP contribution < -0.4 is 0 Å². The lowest BCUT2D eigenvalue weighted by atomic mass is 10.0. The quantitative estimate of drug-likeness (QED) is 0.663. The van der Waals surface area contributed by atoms with Gasteiger partial charge in [0.1, 0.15) is 5.76 Å². The molecule has 0 bridgehead atoms. The summed E-state index contributed by atoms with van der Waals surface area (Å²) in [5, 5.41) is 0. The monoisotopic (exact) mass is 184 g/mol. The van der Waals surface area contributed by atoms with Gasteiger partial charge in [0, 0.05) is 5.56 Å². The molecule has 0 fully saturated rings. The van der Waals surface area contributed by atoms with Crippen LogP contribution in [0.4, 0.5) is 0 Å². The van der Waals surface area contributed by atoms with E-state index in [4.69, 9.17) is 4.42 Å². The third-order valence-electron chi connectivity index (χ3n) is 2.17. The van der Waals surface area contributed by atoms with E-state index in [1.54, 1.807) is 6.26 Å². The maximum absolute atomic E-state index is 5.37. The molecule has 0 atom stereocenters.